The van der Waals surface area contributed by atoms with Crippen LogP contribution >= 0.6 is 34.8 Å². The number of nitrogens with zero attached hydrogens (tertiary/aromatic N) is 2. The van der Waals surface area contributed by atoms with Gasteiger partial charge in [0.1, 0.15) is 12.6 Å². The van der Waals surface area contributed by atoms with E-state index >= 15 is 0 Å². The average Bonchev–Trinajstić information content (AvgIpc) is 3.04. The lowest BCUT2D eigenvalue weighted by atomic mass is 10.0. The molecule has 0 heterocycles. The van der Waals surface area contributed by atoms with E-state index in [1.165, 1.54) is 35.2 Å². The number of carbonyl (C=O) groups is 2. The van der Waals surface area contributed by atoms with Gasteiger partial charge in [0.2, 0.25) is 11.8 Å². The third kappa shape index (κ3) is 8.79. The van der Waals surface area contributed by atoms with E-state index in [0.29, 0.717) is 17.0 Å². The van der Waals surface area contributed by atoms with Crippen molar-refractivity contribution >= 4 is 62.3 Å². The Balaban J connectivity index is 1.84. The molecule has 0 bridgehead atoms. The van der Waals surface area contributed by atoms with E-state index in [1.807, 2.05) is 44.2 Å². The van der Waals surface area contributed by atoms with Gasteiger partial charge in [0, 0.05) is 29.1 Å². The van der Waals surface area contributed by atoms with Crippen molar-refractivity contribution in [2.75, 3.05) is 10.8 Å². The number of rotatable bonds is 13. The number of carbonyl (C=O) groups excluding carboxylic acids is 2. The summed E-state index contributed by atoms with van der Waals surface area (Å²) in [6.45, 7) is 3.12. The topological polar surface area (TPSA) is 86.8 Å². The molecule has 4 rings (SSSR count). The smallest absolute Gasteiger partial charge is 0.264 e. The van der Waals surface area contributed by atoms with Crippen LogP contribution in [0, 0.1) is 0 Å². The molecule has 45 heavy (non-hydrogen) atoms. The Kier molecular flexibility index (Phi) is 11.9. The number of sulfonamides is 1. The monoisotopic (exact) mass is 685 g/mol. The van der Waals surface area contributed by atoms with Crippen LogP contribution in [0.3, 0.4) is 0 Å². The molecule has 236 valence electrons. The number of amides is 2. The first-order valence-electron chi connectivity index (χ1n) is 14.4. The van der Waals surface area contributed by atoms with E-state index in [2.05, 4.69) is 5.32 Å². The number of halogens is 3. The molecule has 0 aliphatic heterocycles. The lowest BCUT2D eigenvalue weighted by Gasteiger charge is -2.34. The molecule has 0 unspecified atom stereocenters. The van der Waals surface area contributed by atoms with Crippen molar-refractivity contribution in [2.45, 2.75) is 50.2 Å². The average molecular weight is 687 g/mol. The molecule has 0 spiro atoms. The molecule has 4 aromatic carbocycles. The van der Waals surface area contributed by atoms with Crippen molar-refractivity contribution in [2.24, 2.45) is 0 Å². The number of nitrogens with one attached hydrogen (secondary N) is 1. The van der Waals surface area contributed by atoms with Crippen LogP contribution < -0.4 is 9.62 Å². The predicted molar refractivity (Wildman–Crippen MR) is 181 cm³/mol. The van der Waals surface area contributed by atoms with Crippen LogP contribution in [-0.4, -0.2) is 43.8 Å². The molecule has 7 nitrogen and oxygen atoms in total. The molecule has 11 heteroatoms. The van der Waals surface area contributed by atoms with Crippen molar-refractivity contribution in [1.29, 1.82) is 0 Å². The van der Waals surface area contributed by atoms with Crippen molar-refractivity contribution in [3.8, 4) is 0 Å². The molecule has 0 aliphatic carbocycles. The molecule has 2 amide bonds. The van der Waals surface area contributed by atoms with E-state index in [4.69, 9.17) is 34.8 Å². The molecule has 0 aromatic heterocycles. The lowest BCUT2D eigenvalue weighted by molar-refractivity contribution is -0.140. The summed E-state index contributed by atoms with van der Waals surface area (Å²) in [4.78, 5) is 29.8. The predicted octanol–water partition coefficient (Wildman–Crippen LogP) is 7.40. The fourth-order valence-corrected chi connectivity index (χ4v) is 6.79. The minimum atomic E-state index is -4.31. The van der Waals surface area contributed by atoms with Crippen LogP contribution in [0.2, 0.25) is 15.1 Å². The van der Waals surface area contributed by atoms with Gasteiger partial charge in [-0.1, -0.05) is 108 Å². The Morgan fingerprint density at radius 2 is 1.44 bits per heavy atom. The third-order valence-corrected chi connectivity index (χ3v) is 10.1. The number of hydrogen-bond acceptors (Lipinski definition) is 4. The summed E-state index contributed by atoms with van der Waals surface area (Å²) in [5.41, 5.74) is 1.45. The van der Waals surface area contributed by atoms with Gasteiger partial charge in [0.15, 0.2) is 0 Å². The first-order valence-corrected chi connectivity index (χ1v) is 17.0. The maximum atomic E-state index is 14.5. The van der Waals surface area contributed by atoms with Gasteiger partial charge < -0.3 is 10.2 Å². The van der Waals surface area contributed by atoms with E-state index in [0.717, 1.165) is 9.87 Å². The Labute approximate surface area is 279 Å². The van der Waals surface area contributed by atoms with Crippen molar-refractivity contribution in [3.63, 3.8) is 0 Å². The summed E-state index contributed by atoms with van der Waals surface area (Å²) in [5.74, 6) is -1.00. The summed E-state index contributed by atoms with van der Waals surface area (Å²) >= 11 is 19.3. The molecule has 0 saturated carbocycles. The van der Waals surface area contributed by atoms with Crippen LogP contribution in [0.25, 0.3) is 0 Å². The Bertz CT molecular complexity index is 1720. The summed E-state index contributed by atoms with van der Waals surface area (Å²) in [7, 11) is -4.31. The van der Waals surface area contributed by atoms with Gasteiger partial charge in [-0.2, -0.15) is 0 Å². The van der Waals surface area contributed by atoms with Gasteiger partial charge >= 0.3 is 0 Å². The van der Waals surface area contributed by atoms with E-state index in [9.17, 15) is 18.0 Å². The van der Waals surface area contributed by atoms with Gasteiger partial charge in [-0.3, -0.25) is 13.9 Å². The second-order valence-corrected chi connectivity index (χ2v) is 13.7. The zero-order valence-corrected chi connectivity index (χ0v) is 28.0. The second-order valence-electron chi connectivity index (χ2n) is 10.6. The van der Waals surface area contributed by atoms with Crippen LogP contribution in [0.15, 0.2) is 108 Å². The van der Waals surface area contributed by atoms with Gasteiger partial charge in [-0.15, -0.1) is 0 Å². The maximum Gasteiger partial charge on any atom is 0.264 e. The Morgan fingerprint density at radius 1 is 0.822 bits per heavy atom. The second kappa shape index (κ2) is 15.6. The van der Waals surface area contributed by atoms with E-state index < -0.39 is 28.5 Å². The number of anilines is 1. The van der Waals surface area contributed by atoms with Crippen LogP contribution in [0.1, 0.15) is 31.4 Å². The summed E-state index contributed by atoms with van der Waals surface area (Å²) in [6, 6.07) is 27.3. The molecule has 2 atom stereocenters. The maximum absolute atomic E-state index is 14.5. The van der Waals surface area contributed by atoms with E-state index in [1.54, 1.807) is 42.5 Å². The highest BCUT2D eigenvalue weighted by Crippen LogP contribution is 2.33. The summed E-state index contributed by atoms with van der Waals surface area (Å²) in [5, 5.41) is 3.73. The van der Waals surface area contributed by atoms with E-state index in [-0.39, 0.29) is 45.5 Å². The van der Waals surface area contributed by atoms with Gasteiger partial charge in [-0.25, -0.2) is 8.42 Å². The Hall–Kier alpha value is -3.56. The zero-order valence-electron chi connectivity index (χ0n) is 24.9. The third-order valence-electron chi connectivity index (χ3n) is 7.36. The quantitative estimate of drug-likeness (QED) is 0.159. The molecule has 0 fully saturated rings. The molecule has 0 aliphatic rings. The van der Waals surface area contributed by atoms with Crippen molar-refractivity contribution in [3.05, 3.63) is 129 Å². The lowest BCUT2D eigenvalue weighted by Crippen LogP contribution is -2.54. The summed E-state index contributed by atoms with van der Waals surface area (Å²) < 4.78 is 29.1. The van der Waals surface area contributed by atoms with Crippen LogP contribution in [0.4, 0.5) is 5.69 Å². The largest absolute Gasteiger partial charge is 0.352 e. The van der Waals surface area contributed by atoms with Gasteiger partial charge in [-0.05, 0) is 60.9 Å². The Morgan fingerprint density at radius 3 is 2.09 bits per heavy atom. The fraction of sp³-hybridized carbons (Fsp3) is 0.235. The SMILES string of the molecule is CC[C@H](C)NC(=O)[C@H](Cc1ccccc1)N(Cc1ccccc1Cl)C(=O)CN(c1cc(Cl)ccc1Cl)S(=O)(=O)c1ccccc1. The first-order chi connectivity index (χ1) is 21.5. The highest BCUT2D eigenvalue weighted by Gasteiger charge is 2.35. The summed E-state index contributed by atoms with van der Waals surface area (Å²) in [6.07, 6.45) is 0.862. The molecule has 0 saturated heterocycles. The molecule has 1 N–H and O–H groups in total. The van der Waals surface area contributed by atoms with Gasteiger partial charge in [0.05, 0.1) is 15.6 Å². The van der Waals surface area contributed by atoms with Crippen LogP contribution in [0.5, 0.6) is 0 Å². The molecule has 0 radical (unpaired) electrons. The normalized spacial score (nSPS) is 12.6. The minimum Gasteiger partial charge on any atom is -0.352 e. The zero-order chi connectivity index (χ0) is 32.6. The highest BCUT2D eigenvalue weighted by molar-refractivity contribution is 7.92. The fourth-order valence-electron chi connectivity index (χ4n) is 4.72. The van der Waals surface area contributed by atoms with Crippen LogP contribution in [-0.2, 0) is 32.6 Å². The molecular weight excluding hydrogens is 653 g/mol. The number of hydrogen-bond donors (Lipinski definition) is 1. The first kappa shape index (κ1) is 34.3. The molecule has 4 aromatic rings. The minimum absolute atomic E-state index is 0.0303. The van der Waals surface area contributed by atoms with Gasteiger partial charge in [0.25, 0.3) is 10.0 Å². The number of benzene rings is 4. The highest BCUT2D eigenvalue weighted by atomic mass is 35.5. The molecular formula is C34H34Cl3N3O4S. The standard InChI is InChI=1S/C34H34Cl3N3O4S/c1-3-24(2)38-34(42)32(20-25-12-6-4-7-13-25)39(22-26-14-10-11-17-29(26)36)33(41)23-40(31-21-27(35)18-19-30(31)37)45(43,44)28-15-8-5-9-16-28/h4-19,21,24,32H,3,20,22-23H2,1-2H3,(H,38,42)/t24-,32-/m0/s1. The van der Waals surface area contributed by atoms with Crippen molar-refractivity contribution in [1.82, 2.24) is 10.2 Å². The van der Waals surface area contributed by atoms with Crippen molar-refractivity contribution < 1.29 is 18.0 Å².